The maximum atomic E-state index is 13.1. The monoisotopic (exact) mass is 357 g/mol. The summed E-state index contributed by atoms with van der Waals surface area (Å²) < 4.78 is 0. The number of rotatable bonds is 7. The zero-order chi connectivity index (χ0) is 18.7. The van der Waals surface area contributed by atoms with Crippen LogP contribution in [-0.4, -0.2) is 59.7 Å². The number of hydrogen-bond donors (Lipinski definition) is 1. The fraction of sp³-hybridized carbons (Fsp3) is 0.550. The van der Waals surface area contributed by atoms with Crippen LogP contribution in [0.25, 0.3) is 0 Å². The third-order valence-corrected chi connectivity index (χ3v) is 5.15. The molecule has 26 heavy (non-hydrogen) atoms. The molecule has 2 heterocycles. The maximum Gasteiger partial charge on any atom is 0.261 e. The van der Waals surface area contributed by atoms with Crippen molar-refractivity contribution in [2.75, 3.05) is 26.2 Å². The number of hydrogen-bond acceptors (Lipinski definition) is 4. The van der Waals surface area contributed by atoms with E-state index < -0.39 is 0 Å². The standard InChI is InChI=1S/C20H27N3O3/c1-3-5-11-23-19(25)16-7-6-14(12-17(16)20(23)26)18(24)22(10-4-2)15-8-9-21-13-15/h6-7,12,15,21H,3-5,8-11,13H2,1-2H3. The Morgan fingerprint density at radius 1 is 1.19 bits per heavy atom. The van der Waals surface area contributed by atoms with Crippen LogP contribution >= 0.6 is 0 Å². The zero-order valence-corrected chi connectivity index (χ0v) is 15.6. The first-order valence-corrected chi connectivity index (χ1v) is 9.60. The molecule has 0 saturated carbocycles. The molecule has 1 aromatic rings. The summed E-state index contributed by atoms with van der Waals surface area (Å²) in [5.41, 5.74) is 1.26. The Labute approximate surface area is 154 Å². The molecule has 3 rings (SSSR count). The number of amides is 3. The molecule has 0 spiro atoms. The van der Waals surface area contributed by atoms with E-state index in [4.69, 9.17) is 0 Å². The van der Waals surface area contributed by atoms with Gasteiger partial charge in [0.15, 0.2) is 0 Å². The molecule has 0 aromatic heterocycles. The average Bonchev–Trinajstić information content (AvgIpc) is 3.26. The maximum absolute atomic E-state index is 13.1. The van der Waals surface area contributed by atoms with Gasteiger partial charge in [-0.1, -0.05) is 20.3 Å². The van der Waals surface area contributed by atoms with E-state index in [9.17, 15) is 14.4 Å². The van der Waals surface area contributed by atoms with Gasteiger partial charge in [0, 0.05) is 31.2 Å². The van der Waals surface area contributed by atoms with Crippen LogP contribution in [0.5, 0.6) is 0 Å². The zero-order valence-electron chi connectivity index (χ0n) is 15.6. The van der Waals surface area contributed by atoms with Gasteiger partial charge in [0.05, 0.1) is 11.1 Å². The van der Waals surface area contributed by atoms with Gasteiger partial charge in [-0.3, -0.25) is 19.3 Å². The van der Waals surface area contributed by atoms with Gasteiger partial charge in [-0.2, -0.15) is 0 Å². The molecule has 1 unspecified atom stereocenters. The minimum absolute atomic E-state index is 0.0596. The first-order valence-electron chi connectivity index (χ1n) is 9.60. The van der Waals surface area contributed by atoms with Crippen LogP contribution in [-0.2, 0) is 0 Å². The largest absolute Gasteiger partial charge is 0.334 e. The van der Waals surface area contributed by atoms with E-state index in [-0.39, 0.29) is 23.8 Å². The van der Waals surface area contributed by atoms with Crippen molar-refractivity contribution in [3.05, 3.63) is 34.9 Å². The topological polar surface area (TPSA) is 69.7 Å². The lowest BCUT2D eigenvalue weighted by Gasteiger charge is -2.28. The van der Waals surface area contributed by atoms with Gasteiger partial charge in [0.2, 0.25) is 0 Å². The smallest absolute Gasteiger partial charge is 0.261 e. The Kier molecular flexibility index (Phi) is 5.71. The molecule has 6 nitrogen and oxygen atoms in total. The van der Waals surface area contributed by atoms with Crippen molar-refractivity contribution < 1.29 is 14.4 Å². The van der Waals surface area contributed by atoms with Gasteiger partial charge >= 0.3 is 0 Å². The van der Waals surface area contributed by atoms with Crippen LogP contribution in [0.15, 0.2) is 18.2 Å². The molecule has 0 bridgehead atoms. The predicted octanol–water partition coefficient (Wildman–Crippen LogP) is 2.30. The predicted molar refractivity (Wildman–Crippen MR) is 99.3 cm³/mol. The van der Waals surface area contributed by atoms with E-state index in [1.807, 2.05) is 11.8 Å². The van der Waals surface area contributed by atoms with E-state index in [1.165, 1.54) is 4.90 Å². The van der Waals surface area contributed by atoms with Gasteiger partial charge in [0.1, 0.15) is 0 Å². The Balaban J connectivity index is 1.85. The lowest BCUT2D eigenvalue weighted by atomic mass is 10.0. The molecular formula is C20H27N3O3. The van der Waals surface area contributed by atoms with E-state index in [0.717, 1.165) is 38.8 Å². The quantitative estimate of drug-likeness (QED) is 0.760. The van der Waals surface area contributed by atoms with Crippen molar-refractivity contribution in [1.29, 1.82) is 0 Å². The first kappa shape index (κ1) is 18.6. The van der Waals surface area contributed by atoms with Crippen LogP contribution < -0.4 is 5.32 Å². The number of nitrogens with one attached hydrogen (secondary N) is 1. The van der Waals surface area contributed by atoms with Crippen LogP contribution in [0.1, 0.15) is 70.6 Å². The second kappa shape index (κ2) is 7.99. The van der Waals surface area contributed by atoms with E-state index in [2.05, 4.69) is 12.2 Å². The highest BCUT2D eigenvalue weighted by Crippen LogP contribution is 2.25. The molecule has 6 heteroatoms. The average molecular weight is 357 g/mol. The van der Waals surface area contributed by atoms with Gasteiger partial charge < -0.3 is 10.2 Å². The SMILES string of the molecule is CCCCN1C(=O)c2ccc(C(=O)N(CCC)C3CCNC3)cc2C1=O. The first-order chi connectivity index (χ1) is 12.6. The van der Waals surface area contributed by atoms with Crippen molar-refractivity contribution in [2.24, 2.45) is 0 Å². The molecule has 0 radical (unpaired) electrons. The van der Waals surface area contributed by atoms with Crippen molar-refractivity contribution >= 4 is 17.7 Å². The van der Waals surface area contributed by atoms with Gasteiger partial charge in [-0.15, -0.1) is 0 Å². The number of fused-ring (bicyclic) bond motifs is 1. The van der Waals surface area contributed by atoms with Gasteiger partial charge in [-0.25, -0.2) is 0 Å². The van der Waals surface area contributed by atoms with Crippen molar-refractivity contribution in [1.82, 2.24) is 15.1 Å². The van der Waals surface area contributed by atoms with Crippen molar-refractivity contribution in [3.8, 4) is 0 Å². The highest BCUT2D eigenvalue weighted by molar-refractivity contribution is 6.22. The van der Waals surface area contributed by atoms with Crippen LogP contribution in [0.3, 0.4) is 0 Å². The fourth-order valence-corrected chi connectivity index (χ4v) is 3.71. The van der Waals surface area contributed by atoms with E-state index in [0.29, 0.717) is 29.8 Å². The molecular weight excluding hydrogens is 330 g/mol. The Morgan fingerprint density at radius 2 is 1.96 bits per heavy atom. The summed E-state index contributed by atoms with van der Waals surface area (Å²) in [5, 5.41) is 3.30. The van der Waals surface area contributed by atoms with Crippen LogP contribution in [0.2, 0.25) is 0 Å². The number of carbonyl (C=O) groups excluding carboxylic acids is 3. The summed E-state index contributed by atoms with van der Waals surface area (Å²) in [5.74, 6) is -0.587. The number of nitrogens with zero attached hydrogens (tertiary/aromatic N) is 2. The minimum atomic E-state index is -0.280. The van der Waals surface area contributed by atoms with Crippen molar-refractivity contribution in [2.45, 2.75) is 45.6 Å². The minimum Gasteiger partial charge on any atom is -0.334 e. The Morgan fingerprint density at radius 3 is 2.62 bits per heavy atom. The molecule has 1 N–H and O–H groups in total. The van der Waals surface area contributed by atoms with Crippen molar-refractivity contribution in [3.63, 3.8) is 0 Å². The molecule has 1 atom stereocenters. The molecule has 1 saturated heterocycles. The Hall–Kier alpha value is -2.21. The Bertz CT molecular complexity index is 710. The summed E-state index contributed by atoms with van der Waals surface area (Å²) >= 11 is 0. The van der Waals surface area contributed by atoms with E-state index in [1.54, 1.807) is 18.2 Å². The summed E-state index contributed by atoms with van der Waals surface area (Å²) in [4.78, 5) is 41.3. The lowest BCUT2D eigenvalue weighted by Crippen LogP contribution is -2.42. The van der Waals surface area contributed by atoms with E-state index >= 15 is 0 Å². The summed E-state index contributed by atoms with van der Waals surface area (Å²) in [6.45, 7) is 6.93. The molecule has 140 valence electrons. The molecule has 1 aromatic carbocycles. The fourth-order valence-electron chi connectivity index (χ4n) is 3.71. The molecule has 3 amide bonds. The highest BCUT2D eigenvalue weighted by Gasteiger charge is 2.36. The second-order valence-electron chi connectivity index (χ2n) is 7.02. The molecule has 2 aliphatic rings. The lowest BCUT2D eigenvalue weighted by molar-refractivity contribution is 0.0651. The molecule has 1 fully saturated rings. The normalized spacial score (nSPS) is 19.2. The third kappa shape index (κ3) is 3.38. The summed E-state index contributed by atoms with van der Waals surface area (Å²) in [6, 6.07) is 5.11. The molecule has 2 aliphatic heterocycles. The van der Waals surface area contributed by atoms with Crippen LogP contribution in [0, 0.1) is 0 Å². The number of carbonyl (C=O) groups is 3. The number of imide groups is 1. The summed E-state index contributed by atoms with van der Waals surface area (Å²) in [6.07, 6.45) is 3.53. The van der Waals surface area contributed by atoms with Gasteiger partial charge in [0.25, 0.3) is 17.7 Å². The number of benzene rings is 1. The highest BCUT2D eigenvalue weighted by atomic mass is 16.2. The number of unbranched alkanes of at least 4 members (excludes halogenated alkanes) is 1. The van der Waals surface area contributed by atoms with Gasteiger partial charge in [-0.05, 0) is 44.0 Å². The summed E-state index contributed by atoms with van der Waals surface area (Å²) in [7, 11) is 0. The van der Waals surface area contributed by atoms with Crippen LogP contribution in [0.4, 0.5) is 0 Å². The molecule has 0 aliphatic carbocycles. The third-order valence-electron chi connectivity index (χ3n) is 5.15. The second-order valence-corrected chi connectivity index (χ2v) is 7.02.